The number of piperazine rings is 1. The lowest BCUT2D eigenvalue weighted by Gasteiger charge is -2.34. The zero-order valence-electron chi connectivity index (χ0n) is 15.9. The Labute approximate surface area is 177 Å². The van der Waals surface area contributed by atoms with E-state index >= 15 is 0 Å². The van der Waals surface area contributed by atoms with E-state index in [9.17, 15) is 22.0 Å². The van der Waals surface area contributed by atoms with Crippen LogP contribution in [0.4, 0.5) is 8.78 Å². The van der Waals surface area contributed by atoms with E-state index in [4.69, 9.17) is 16.3 Å². The van der Waals surface area contributed by atoms with E-state index in [0.717, 1.165) is 0 Å². The molecule has 1 aliphatic heterocycles. The van der Waals surface area contributed by atoms with Crippen molar-refractivity contribution in [2.45, 2.75) is 11.5 Å². The van der Waals surface area contributed by atoms with E-state index in [0.29, 0.717) is 0 Å². The second-order valence-electron chi connectivity index (χ2n) is 6.37. The smallest absolute Gasteiger partial charge is 0.387 e. The number of ether oxygens (including phenoxy) is 2. The number of carbonyl (C=O) groups excluding carboxylic acids is 1. The van der Waals surface area contributed by atoms with E-state index < -0.39 is 16.6 Å². The summed E-state index contributed by atoms with van der Waals surface area (Å²) in [5, 5.41) is 0.134. The van der Waals surface area contributed by atoms with Crippen molar-refractivity contribution in [1.82, 2.24) is 9.21 Å². The van der Waals surface area contributed by atoms with Crippen molar-refractivity contribution in [3.8, 4) is 11.5 Å². The number of rotatable bonds is 6. The Kier molecular flexibility index (Phi) is 6.79. The molecule has 1 fully saturated rings. The van der Waals surface area contributed by atoms with Gasteiger partial charge in [-0.1, -0.05) is 23.7 Å². The van der Waals surface area contributed by atoms with Crippen LogP contribution in [0.3, 0.4) is 0 Å². The fraction of sp³-hybridized carbons (Fsp3) is 0.316. The van der Waals surface area contributed by atoms with Crippen molar-refractivity contribution < 1.29 is 31.5 Å². The predicted octanol–water partition coefficient (Wildman–Crippen LogP) is 3.10. The lowest BCUT2D eigenvalue weighted by Crippen LogP contribution is -2.50. The molecule has 3 rings (SSSR count). The molecular weight excluding hydrogens is 442 g/mol. The van der Waals surface area contributed by atoms with Crippen molar-refractivity contribution in [3.63, 3.8) is 0 Å². The van der Waals surface area contributed by atoms with Gasteiger partial charge in [-0.05, 0) is 30.3 Å². The first kappa shape index (κ1) is 22.3. The number of nitrogens with zero attached hydrogens (tertiary/aromatic N) is 2. The van der Waals surface area contributed by atoms with Gasteiger partial charge in [0, 0.05) is 31.7 Å². The van der Waals surface area contributed by atoms with Crippen LogP contribution in [0.5, 0.6) is 11.5 Å². The average Bonchev–Trinajstić information content (AvgIpc) is 2.73. The van der Waals surface area contributed by atoms with E-state index in [1.807, 2.05) is 0 Å². The maximum absolute atomic E-state index is 12.8. The summed E-state index contributed by atoms with van der Waals surface area (Å²) in [6, 6.07) is 10.1. The molecule has 0 aromatic heterocycles. The van der Waals surface area contributed by atoms with Crippen LogP contribution < -0.4 is 9.47 Å². The summed E-state index contributed by atoms with van der Waals surface area (Å²) in [7, 11) is -2.50. The lowest BCUT2D eigenvalue weighted by molar-refractivity contribution is -0.0512. The zero-order chi connectivity index (χ0) is 21.9. The summed E-state index contributed by atoms with van der Waals surface area (Å²) < 4.78 is 61.2. The van der Waals surface area contributed by atoms with Crippen molar-refractivity contribution in [1.29, 1.82) is 0 Å². The van der Waals surface area contributed by atoms with Crippen LogP contribution >= 0.6 is 11.6 Å². The van der Waals surface area contributed by atoms with Crippen molar-refractivity contribution in [2.75, 3.05) is 33.3 Å². The summed E-state index contributed by atoms with van der Waals surface area (Å²) >= 11 is 6.02. The number of hydrogen-bond donors (Lipinski definition) is 0. The van der Waals surface area contributed by atoms with E-state index in [1.54, 1.807) is 12.1 Å². The Hall–Kier alpha value is -2.43. The number of methoxy groups -OCH3 is 1. The molecule has 7 nitrogen and oxygen atoms in total. The summed E-state index contributed by atoms with van der Waals surface area (Å²) in [5.41, 5.74) is 0.218. The molecule has 1 saturated heterocycles. The van der Waals surface area contributed by atoms with Gasteiger partial charge in [-0.25, -0.2) is 8.42 Å². The fourth-order valence-electron chi connectivity index (χ4n) is 3.10. The molecule has 0 saturated carbocycles. The monoisotopic (exact) mass is 460 g/mol. The number of sulfonamides is 1. The highest BCUT2D eigenvalue weighted by atomic mass is 35.5. The van der Waals surface area contributed by atoms with Gasteiger partial charge in [-0.15, -0.1) is 0 Å². The molecule has 0 atom stereocenters. The van der Waals surface area contributed by atoms with Gasteiger partial charge in [-0.2, -0.15) is 13.1 Å². The van der Waals surface area contributed by atoms with Crippen LogP contribution in [-0.4, -0.2) is 63.4 Å². The Bertz CT molecular complexity index is 1030. The highest BCUT2D eigenvalue weighted by Gasteiger charge is 2.31. The summed E-state index contributed by atoms with van der Waals surface area (Å²) in [5.74, 6) is -0.549. The number of benzene rings is 2. The molecule has 162 valence electrons. The third kappa shape index (κ3) is 4.66. The second-order valence-corrected chi connectivity index (χ2v) is 8.68. The first-order valence-corrected chi connectivity index (χ1v) is 10.7. The molecule has 1 heterocycles. The largest absolute Gasteiger partial charge is 0.493 e. The van der Waals surface area contributed by atoms with Gasteiger partial charge < -0.3 is 14.4 Å². The predicted molar refractivity (Wildman–Crippen MR) is 106 cm³/mol. The summed E-state index contributed by atoms with van der Waals surface area (Å²) in [6.07, 6.45) is 0. The van der Waals surface area contributed by atoms with Crippen LogP contribution in [0.15, 0.2) is 47.4 Å². The topological polar surface area (TPSA) is 76.2 Å². The quantitative estimate of drug-likeness (QED) is 0.662. The zero-order valence-corrected chi connectivity index (χ0v) is 17.5. The van der Waals surface area contributed by atoms with Gasteiger partial charge in [0.25, 0.3) is 5.91 Å². The fourth-order valence-corrected chi connectivity index (χ4v) is 5.02. The van der Waals surface area contributed by atoms with Gasteiger partial charge in [-0.3, -0.25) is 4.79 Å². The Morgan fingerprint density at radius 3 is 2.33 bits per heavy atom. The number of amides is 1. The molecule has 1 amide bonds. The molecule has 0 aliphatic carbocycles. The average molecular weight is 461 g/mol. The Morgan fingerprint density at radius 2 is 1.73 bits per heavy atom. The van der Waals surface area contributed by atoms with Crippen LogP contribution in [0.1, 0.15) is 10.4 Å². The van der Waals surface area contributed by atoms with E-state index in [2.05, 4.69) is 4.74 Å². The third-order valence-corrected chi connectivity index (χ3v) is 7.01. The minimum absolute atomic E-state index is 0.00100. The van der Waals surface area contributed by atoms with Crippen LogP contribution in [0, 0.1) is 0 Å². The minimum atomic E-state index is -3.78. The normalized spacial score (nSPS) is 15.3. The molecule has 0 bridgehead atoms. The van der Waals surface area contributed by atoms with E-state index in [-0.39, 0.29) is 59.1 Å². The molecule has 30 heavy (non-hydrogen) atoms. The second kappa shape index (κ2) is 9.15. The van der Waals surface area contributed by atoms with Gasteiger partial charge in [0.05, 0.1) is 12.1 Å². The van der Waals surface area contributed by atoms with Crippen LogP contribution in [0.2, 0.25) is 5.02 Å². The molecular formula is C19H19ClF2N2O5S. The van der Waals surface area contributed by atoms with Crippen LogP contribution in [-0.2, 0) is 10.0 Å². The molecule has 2 aromatic rings. The molecule has 0 N–H and O–H groups in total. The molecule has 0 unspecified atom stereocenters. The maximum atomic E-state index is 12.8. The van der Waals surface area contributed by atoms with Crippen molar-refractivity contribution in [2.24, 2.45) is 0 Å². The Balaban J connectivity index is 1.71. The van der Waals surface area contributed by atoms with Crippen molar-refractivity contribution >= 4 is 27.5 Å². The molecule has 1 aliphatic rings. The molecule has 2 aromatic carbocycles. The first-order chi connectivity index (χ1) is 14.2. The first-order valence-electron chi connectivity index (χ1n) is 8.91. The van der Waals surface area contributed by atoms with Crippen LogP contribution in [0.25, 0.3) is 0 Å². The van der Waals surface area contributed by atoms with Gasteiger partial charge in [0.15, 0.2) is 11.5 Å². The standard InChI is InChI=1S/C19H19ClF2N2O5S/c1-28-16-12-13(6-7-15(16)29-19(21)22)18(25)23-8-10-24(11-9-23)30(26,27)17-5-3-2-4-14(17)20/h2-7,12,19H,8-11H2,1H3. The molecule has 0 radical (unpaired) electrons. The van der Waals surface area contributed by atoms with Gasteiger partial charge in [0.1, 0.15) is 4.90 Å². The van der Waals surface area contributed by atoms with Gasteiger partial charge >= 0.3 is 6.61 Å². The van der Waals surface area contributed by atoms with E-state index in [1.165, 1.54) is 46.6 Å². The molecule has 11 heteroatoms. The highest BCUT2D eigenvalue weighted by Crippen LogP contribution is 2.30. The SMILES string of the molecule is COc1cc(C(=O)N2CCN(S(=O)(=O)c3ccccc3Cl)CC2)ccc1OC(F)F. The number of hydrogen-bond acceptors (Lipinski definition) is 5. The molecule has 0 spiro atoms. The number of alkyl halides is 2. The summed E-state index contributed by atoms with van der Waals surface area (Å²) in [4.78, 5) is 14.3. The number of halogens is 3. The maximum Gasteiger partial charge on any atom is 0.387 e. The summed E-state index contributed by atoms with van der Waals surface area (Å²) in [6.45, 7) is -2.49. The minimum Gasteiger partial charge on any atom is -0.493 e. The van der Waals surface area contributed by atoms with Crippen molar-refractivity contribution in [3.05, 3.63) is 53.1 Å². The lowest BCUT2D eigenvalue weighted by atomic mass is 10.1. The van der Waals surface area contributed by atoms with Gasteiger partial charge in [0.2, 0.25) is 10.0 Å². The Morgan fingerprint density at radius 1 is 1.07 bits per heavy atom. The highest BCUT2D eigenvalue weighted by molar-refractivity contribution is 7.89. The number of carbonyl (C=O) groups is 1. The third-order valence-electron chi connectivity index (χ3n) is 4.61.